The number of benzene rings is 1. The van der Waals surface area contributed by atoms with E-state index in [4.69, 9.17) is 4.74 Å². The largest absolute Gasteiger partial charge is 0.484 e. The Morgan fingerprint density at radius 1 is 1.00 bits per heavy atom. The highest BCUT2D eigenvalue weighted by Gasteiger charge is 2.25. The third-order valence-corrected chi connectivity index (χ3v) is 4.25. The van der Waals surface area contributed by atoms with Crippen molar-refractivity contribution in [3.05, 3.63) is 54.6 Å². The van der Waals surface area contributed by atoms with Crippen LogP contribution in [0.1, 0.15) is 10.5 Å². The molecule has 2 aromatic rings. The van der Waals surface area contributed by atoms with Gasteiger partial charge in [-0.25, -0.2) is 4.98 Å². The molecule has 0 unspecified atom stereocenters. The monoisotopic (exact) mass is 383 g/mol. The standard InChI is InChI=1S/C19H21N5O4/c25-17(14-28-15-4-2-1-3-5-15)22-13-18(26)23-8-10-24(11-9-23)19(27)16-12-20-6-7-21-16/h1-7,12H,8-11,13-14H2,(H,22,25). The number of nitrogens with zero attached hydrogens (tertiary/aromatic N) is 4. The highest BCUT2D eigenvalue weighted by molar-refractivity contribution is 5.92. The molecule has 146 valence electrons. The van der Waals surface area contributed by atoms with Crippen LogP contribution < -0.4 is 10.1 Å². The van der Waals surface area contributed by atoms with Crippen LogP contribution in [-0.2, 0) is 9.59 Å². The molecule has 2 heterocycles. The van der Waals surface area contributed by atoms with Gasteiger partial charge in [-0.2, -0.15) is 0 Å². The first-order valence-electron chi connectivity index (χ1n) is 8.91. The van der Waals surface area contributed by atoms with Crippen LogP contribution in [0, 0.1) is 0 Å². The molecule has 1 aliphatic heterocycles. The zero-order valence-electron chi connectivity index (χ0n) is 15.3. The second kappa shape index (κ2) is 9.45. The number of aromatic nitrogens is 2. The average Bonchev–Trinajstić information content (AvgIpc) is 2.77. The number of amides is 3. The second-order valence-corrected chi connectivity index (χ2v) is 6.14. The molecule has 1 N–H and O–H groups in total. The van der Waals surface area contributed by atoms with Gasteiger partial charge in [0.05, 0.1) is 12.7 Å². The van der Waals surface area contributed by atoms with Crippen molar-refractivity contribution in [2.45, 2.75) is 0 Å². The Morgan fingerprint density at radius 2 is 1.71 bits per heavy atom. The molecular formula is C19H21N5O4. The number of para-hydroxylation sites is 1. The second-order valence-electron chi connectivity index (χ2n) is 6.14. The predicted molar refractivity (Wildman–Crippen MR) is 99.5 cm³/mol. The van der Waals surface area contributed by atoms with Gasteiger partial charge in [-0.1, -0.05) is 18.2 Å². The van der Waals surface area contributed by atoms with Gasteiger partial charge in [-0.05, 0) is 12.1 Å². The van der Waals surface area contributed by atoms with Crippen LogP contribution in [-0.4, -0.2) is 76.8 Å². The molecule has 9 nitrogen and oxygen atoms in total. The zero-order chi connectivity index (χ0) is 19.8. The van der Waals surface area contributed by atoms with Gasteiger partial charge >= 0.3 is 0 Å². The van der Waals surface area contributed by atoms with Crippen molar-refractivity contribution in [1.29, 1.82) is 0 Å². The van der Waals surface area contributed by atoms with E-state index in [0.717, 1.165) is 0 Å². The Bertz CT molecular complexity index is 808. The van der Waals surface area contributed by atoms with Crippen molar-refractivity contribution >= 4 is 17.7 Å². The Morgan fingerprint density at radius 3 is 2.39 bits per heavy atom. The molecule has 1 saturated heterocycles. The van der Waals surface area contributed by atoms with Crippen molar-refractivity contribution in [2.75, 3.05) is 39.3 Å². The first kappa shape index (κ1) is 19.3. The number of ether oxygens (including phenoxy) is 1. The molecule has 0 radical (unpaired) electrons. The fourth-order valence-electron chi connectivity index (χ4n) is 2.73. The molecule has 0 bridgehead atoms. The van der Waals surface area contributed by atoms with Gasteiger partial charge in [0.15, 0.2) is 6.61 Å². The molecule has 0 atom stereocenters. The first-order chi connectivity index (χ1) is 13.6. The molecule has 1 aromatic heterocycles. The minimum absolute atomic E-state index is 0.102. The van der Waals surface area contributed by atoms with Crippen LogP contribution in [0.15, 0.2) is 48.9 Å². The molecule has 3 rings (SSSR count). The first-order valence-corrected chi connectivity index (χ1v) is 8.91. The van der Waals surface area contributed by atoms with E-state index in [0.29, 0.717) is 31.9 Å². The molecule has 1 fully saturated rings. The molecule has 1 aliphatic rings. The number of carbonyl (C=O) groups is 3. The minimum atomic E-state index is -0.367. The minimum Gasteiger partial charge on any atom is -0.484 e. The number of nitrogens with one attached hydrogen (secondary N) is 1. The molecular weight excluding hydrogens is 362 g/mol. The molecule has 0 spiro atoms. The fourth-order valence-corrected chi connectivity index (χ4v) is 2.73. The maximum Gasteiger partial charge on any atom is 0.274 e. The Hall–Kier alpha value is -3.49. The highest BCUT2D eigenvalue weighted by atomic mass is 16.5. The van der Waals surface area contributed by atoms with Crippen molar-refractivity contribution in [3.63, 3.8) is 0 Å². The molecule has 1 aromatic carbocycles. The van der Waals surface area contributed by atoms with E-state index in [1.165, 1.54) is 18.6 Å². The normalized spacial score (nSPS) is 13.7. The Balaban J connectivity index is 1.38. The topological polar surface area (TPSA) is 105 Å². The van der Waals surface area contributed by atoms with E-state index in [9.17, 15) is 14.4 Å². The van der Waals surface area contributed by atoms with Crippen molar-refractivity contribution in [1.82, 2.24) is 25.1 Å². The number of hydrogen-bond donors (Lipinski definition) is 1. The van der Waals surface area contributed by atoms with Gasteiger partial charge < -0.3 is 19.9 Å². The fraction of sp³-hybridized carbons (Fsp3) is 0.316. The lowest BCUT2D eigenvalue weighted by Gasteiger charge is -2.34. The van der Waals surface area contributed by atoms with Gasteiger partial charge in [0, 0.05) is 38.6 Å². The van der Waals surface area contributed by atoms with Gasteiger partial charge in [0.1, 0.15) is 11.4 Å². The van der Waals surface area contributed by atoms with Crippen LogP contribution in [0.4, 0.5) is 0 Å². The summed E-state index contributed by atoms with van der Waals surface area (Å²) >= 11 is 0. The Kier molecular flexibility index (Phi) is 6.50. The highest BCUT2D eigenvalue weighted by Crippen LogP contribution is 2.08. The predicted octanol–water partition coefficient (Wildman–Crippen LogP) is -0.0438. The van der Waals surface area contributed by atoms with Crippen LogP contribution in [0.2, 0.25) is 0 Å². The number of hydrogen-bond acceptors (Lipinski definition) is 6. The summed E-state index contributed by atoms with van der Waals surface area (Å²) in [6.07, 6.45) is 4.40. The van der Waals surface area contributed by atoms with Crippen molar-refractivity contribution in [3.8, 4) is 5.75 Å². The number of carbonyl (C=O) groups excluding carboxylic acids is 3. The summed E-state index contributed by atoms with van der Waals surface area (Å²) in [5.74, 6) is -0.173. The van der Waals surface area contributed by atoms with Gasteiger partial charge in [-0.3, -0.25) is 19.4 Å². The molecule has 9 heteroatoms. The van der Waals surface area contributed by atoms with Crippen LogP contribution in [0.25, 0.3) is 0 Å². The maximum absolute atomic E-state index is 12.3. The lowest BCUT2D eigenvalue weighted by molar-refractivity contribution is -0.134. The molecule has 3 amide bonds. The number of rotatable bonds is 6. The summed E-state index contributed by atoms with van der Waals surface area (Å²) in [7, 11) is 0. The summed E-state index contributed by atoms with van der Waals surface area (Å²) in [5.41, 5.74) is 0.285. The SMILES string of the molecule is O=C(COc1ccccc1)NCC(=O)N1CCN(C(=O)c2cnccn2)CC1. The lowest BCUT2D eigenvalue weighted by atomic mass is 10.2. The van der Waals surface area contributed by atoms with E-state index < -0.39 is 0 Å². The van der Waals surface area contributed by atoms with Gasteiger partial charge in [-0.15, -0.1) is 0 Å². The van der Waals surface area contributed by atoms with Crippen molar-refractivity contribution in [2.24, 2.45) is 0 Å². The molecule has 28 heavy (non-hydrogen) atoms. The van der Waals surface area contributed by atoms with Gasteiger partial charge in [0.2, 0.25) is 5.91 Å². The van der Waals surface area contributed by atoms with Gasteiger partial charge in [0.25, 0.3) is 11.8 Å². The summed E-state index contributed by atoms with van der Waals surface area (Å²) in [6.45, 7) is 1.37. The van der Waals surface area contributed by atoms with Crippen LogP contribution in [0.3, 0.4) is 0 Å². The van der Waals surface area contributed by atoms with Crippen LogP contribution >= 0.6 is 0 Å². The third-order valence-electron chi connectivity index (χ3n) is 4.25. The molecule has 0 aliphatic carbocycles. The third kappa shape index (κ3) is 5.26. The zero-order valence-corrected chi connectivity index (χ0v) is 15.3. The summed E-state index contributed by atoms with van der Waals surface area (Å²) in [6, 6.07) is 8.98. The summed E-state index contributed by atoms with van der Waals surface area (Å²) < 4.78 is 5.34. The van der Waals surface area contributed by atoms with Crippen molar-refractivity contribution < 1.29 is 19.1 Å². The quantitative estimate of drug-likeness (QED) is 0.750. The lowest BCUT2D eigenvalue weighted by Crippen LogP contribution is -2.52. The maximum atomic E-state index is 12.3. The smallest absolute Gasteiger partial charge is 0.274 e. The summed E-state index contributed by atoms with van der Waals surface area (Å²) in [5, 5.41) is 2.56. The Labute approximate surface area is 162 Å². The van der Waals surface area contributed by atoms with E-state index in [2.05, 4.69) is 15.3 Å². The average molecular weight is 383 g/mol. The van der Waals surface area contributed by atoms with E-state index in [1.54, 1.807) is 21.9 Å². The van der Waals surface area contributed by atoms with E-state index in [1.807, 2.05) is 18.2 Å². The number of piperazine rings is 1. The van der Waals surface area contributed by atoms with Crippen LogP contribution in [0.5, 0.6) is 5.75 Å². The summed E-state index contributed by atoms with van der Waals surface area (Å²) in [4.78, 5) is 47.6. The van der Waals surface area contributed by atoms with E-state index >= 15 is 0 Å². The van der Waals surface area contributed by atoms with E-state index in [-0.39, 0.29) is 36.6 Å². The molecule has 0 saturated carbocycles.